The van der Waals surface area contributed by atoms with Gasteiger partial charge < -0.3 is 9.72 Å². The van der Waals surface area contributed by atoms with E-state index >= 15 is 0 Å². The third-order valence-electron chi connectivity index (χ3n) is 2.62. The van der Waals surface area contributed by atoms with E-state index in [1.807, 2.05) is 12.3 Å². The van der Waals surface area contributed by atoms with Crippen molar-refractivity contribution < 1.29 is 9.13 Å². The molecule has 0 aliphatic carbocycles. The molecule has 0 saturated carbocycles. The second kappa shape index (κ2) is 4.97. The van der Waals surface area contributed by atoms with Gasteiger partial charge in [0.15, 0.2) is 0 Å². The van der Waals surface area contributed by atoms with E-state index in [1.165, 1.54) is 6.07 Å². The molecule has 1 N–H and O–H groups in total. The fourth-order valence-corrected chi connectivity index (χ4v) is 2.11. The van der Waals surface area contributed by atoms with Crippen LogP contribution in [0.15, 0.2) is 41.1 Å². The lowest BCUT2D eigenvalue weighted by Crippen LogP contribution is -1.99. The third-order valence-corrected chi connectivity index (χ3v) is 3.28. The maximum Gasteiger partial charge on any atom is 0.215 e. The summed E-state index contributed by atoms with van der Waals surface area (Å²) >= 11 is 3.42. The normalized spacial score (nSPS) is 10.8. The Morgan fingerprint density at radius 2 is 2.16 bits per heavy atom. The molecule has 4 nitrogen and oxygen atoms in total. The lowest BCUT2D eigenvalue weighted by molar-refractivity contribution is 0.290. The molecule has 0 bridgehead atoms. The summed E-state index contributed by atoms with van der Waals surface area (Å²) in [5.74, 6) is 0.132. The number of aromatic nitrogens is 3. The molecule has 0 spiro atoms. The highest BCUT2D eigenvalue weighted by Crippen LogP contribution is 2.24. The second-order valence-electron chi connectivity index (χ2n) is 3.94. The van der Waals surface area contributed by atoms with Crippen LogP contribution in [0.2, 0.25) is 0 Å². The van der Waals surface area contributed by atoms with Gasteiger partial charge in [0, 0.05) is 22.1 Å². The molecule has 0 aromatic carbocycles. The van der Waals surface area contributed by atoms with Gasteiger partial charge >= 0.3 is 0 Å². The molecule has 0 radical (unpaired) electrons. The molecule has 6 heteroatoms. The highest BCUT2D eigenvalue weighted by Gasteiger charge is 2.04. The molecular weight excluding hydrogens is 313 g/mol. The number of H-pyrrole nitrogens is 1. The van der Waals surface area contributed by atoms with Crippen molar-refractivity contribution in [2.24, 2.45) is 0 Å². The van der Waals surface area contributed by atoms with Crippen LogP contribution in [0.5, 0.6) is 5.88 Å². The molecule has 0 atom stereocenters. The molecule has 3 heterocycles. The molecule has 0 aliphatic heterocycles. The highest BCUT2D eigenvalue weighted by atomic mass is 79.9. The standard InChI is InChI=1S/C13H9BrFN3O/c14-11-6-17-13-10(11)3-4-12(18-13)19-7-9-2-1-8(15)5-16-9/h1-6H,7H2,(H,17,18). The van der Waals surface area contributed by atoms with Crippen molar-refractivity contribution in [3.63, 3.8) is 0 Å². The maximum absolute atomic E-state index is 12.7. The summed E-state index contributed by atoms with van der Waals surface area (Å²) in [5, 5.41) is 0.993. The lowest BCUT2D eigenvalue weighted by Gasteiger charge is -2.04. The minimum Gasteiger partial charge on any atom is -0.471 e. The number of pyridine rings is 2. The number of aromatic amines is 1. The molecule has 0 saturated heterocycles. The van der Waals surface area contributed by atoms with E-state index < -0.39 is 0 Å². The Morgan fingerprint density at radius 3 is 2.95 bits per heavy atom. The number of nitrogens with one attached hydrogen (secondary N) is 1. The molecule has 0 unspecified atom stereocenters. The summed E-state index contributed by atoms with van der Waals surface area (Å²) in [6.45, 7) is 0.251. The summed E-state index contributed by atoms with van der Waals surface area (Å²) in [4.78, 5) is 11.3. The summed E-state index contributed by atoms with van der Waals surface area (Å²) in [6.07, 6.45) is 2.99. The quantitative estimate of drug-likeness (QED) is 0.804. The van der Waals surface area contributed by atoms with Crippen LogP contribution in [0.1, 0.15) is 5.69 Å². The van der Waals surface area contributed by atoms with E-state index in [0.717, 1.165) is 21.7 Å². The first-order chi connectivity index (χ1) is 9.22. The third kappa shape index (κ3) is 2.58. The van der Waals surface area contributed by atoms with Crippen molar-refractivity contribution in [3.05, 3.63) is 52.6 Å². The Bertz CT molecular complexity index is 711. The molecule has 0 fully saturated rings. The summed E-state index contributed by atoms with van der Waals surface area (Å²) in [5.41, 5.74) is 1.40. The Morgan fingerprint density at radius 1 is 1.26 bits per heavy atom. The van der Waals surface area contributed by atoms with Gasteiger partial charge in [-0.2, -0.15) is 4.98 Å². The second-order valence-corrected chi connectivity index (χ2v) is 4.79. The van der Waals surface area contributed by atoms with Crippen LogP contribution in [0.25, 0.3) is 11.0 Å². The Balaban J connectivity index is 1.76. The van der Waals surface area contributed by atoms with E-state index in [0.29, 0.717) is 11.6 Å². The zero-order valence-corrected chi connectivity index (χ0v) is 11.3. The topological polar surface area (TPSA) is 50.8 Å². The Hall–Kier alpha value is -1.95. The molecule has 0 aliphatic rings. The minimum atomic E-state index is -0.362. The lowest BCUT2D eigenvalue weighted by atomic mass is 10.3. The van der Waals surface area contributed by atoms with E-state index in [9.17, 15) is 4.39 Å². The predicted molar refractivity (Wildman–Crippen MR) is 72.3 cm³/mol. The SMILES string of the molecule is Fc1ccc(COc2ccc3c(Br)c[nH]c3n2)nc1. The number of rotatable bonds is 3. The largest absolute Gasteiger partial charge is 0.471 e. The number of ether oxygens (including phenoxy) is 1. The summed E-state index contributed by atoms with van der Waals surface area (Å²) < 4.78 is 19.2. The maximum atomic E-state index is 12.7. The van der Waals surface area contributed by atoms with Crippen molar-refractivity contribution in [2.75, 3.05) is 0 Å². The van der Waals surface area contributed by atoms with Gasteiger partial charge in [-0.3, -0.25) is 4.98 Å². The fourth-order valence-electron chi connectivity index (χ4n) is 1.67. The van der Waals surface area contributed by atoms with Crippen LogP contribution in [0.4, 0.5) is 4.39 Å². The van der Waals surface area contributed by atoms with Crippen molar-refractivity contribution in [3.8, 4) is 5.88 Å². The van der Waals surface area contributed by atoms with Gasteiger partial charge in [0.1, 0.15) is 18.1 Å². The van der Waals surface area contributed by atoms with Gasteiger partial charge in [0.25, 0.3) is 0 Å². The summed E-state index contributed by atoms with van der Waals surface area (Å²) in [6, 6.07) is 6.63. The van der Waals surface area contributed by atoms with Crippen LogP contribution in [0.3, 0.4) is 0 Å². The first-order valence-electron chi connectivity index (χ1n) is 5.59. The predicted octanol–water partition coefficient (Wildman–Crippen LogP) is 3.44. The van der Waals surface area contributed by atoms with E-state index in [1.54, 1.807) is 12.1 Å². The Kier molecular flexibility index (Phi) is 3.16. The van der Waals surface area contributed by atoms with Crippen molar-refractivity contribution >= 4 is 27.0 Å². The number of halogens is 2. The molecule has 19 heavy (non-hydrogen) atoms. The molecule has 96 valence electrons. The first kappa shape index (κ1) is 12.1. The smallest absolute Gasteiger partial charge is 0.215 e. The van der Waals surface area contributed by atoms with Crippen LogP contribution in [0, 0.1) is 5.82 Å². The molecule has 3 rings (SSSR count). The number of hydrogen-bond donors (Lipinski definition) is 1. The van der Waals surface area contributed by atoms with Crippen LogP contribution in [-0.2, 0) is 6.61 Å². The number of hydrogen-bond acceptors (Lipinski definition) is 3. The monoisotopic (exact) mass is 321 g/mol. The van der Waals surface area contributed by atoms with Gasteiger partial charge in [-0.15, -0.1) is 0 Å². The van der Waals surface area contributed by atoms with Crippen LogP contribution < -0.4 is 4.74 Å². The van der Waals surface area contributed by atoms with Crippen LogP contribution >= 0.6 is 15.9 Å². The molecule has 3 aromatic rings. The molecule has 0 amide bonds. The van der Waals surface area contributed by atoms with Crippen molar-refractivity contribution in [1.82, 2.24) is 15.0 Å². The number of fused-ring (bicyclic) bond motifs is 1. The minimum absolute atomic E-state index is 0.251. The summed E-state index contributed by atoms with van der Waals surface area (Å²) in [7, 11) is 0. The highest BCUT2D eigenvalue weighted by molar-refractivity contribution is 9.10. The van der Waals surface area contributed by atoms with Gasteiger partial charge in [0.2, 0.25) is 5.88 Å². The van der Waals surface area contributed by atoms with Gasteiger partial charge in [-0.25, -0.2) is 4.39 Å². The Labute approximate surface area is 116 Å². The average Bonchev–Trinajstić information content (AvgIpc) is 2.79. The van der Waals surface area contributed by atoms with Gasteiger partial charge in [-0.1, -0.05) is 0 Å². The van der Waals surface area contributed by atoms with E-state index in [2.05, 4.69) is 30.9 Å². The average molecular weight is 322 g/mol. The van der Waals surface area contributed by atoms with E-state index in [4.69, 9.17) is 4.74 Å². The van der Waals surface area contributed by atoms with Crippen LogP contribution in [-0.4, -0.2) is 15.0 Å². The zero-order chi connectivity index (χ0) is 13.2. The first-order valence-corrected chi connectivity index (χ1v) is 6.38. The molecular formula is C13H9BrFN3O. The fraction of sp³-hybridized carbons (Fsp3) is 0.0769. The van der Waals surface area contributed by atoms with Gasteiger partial charge in [-0.05, 0) is 34.1 Å². The number of nitrogens with zero attached hydrogens (tertiary/aromatic N) is 2. The zero-order valence-electron chi connectivity index (χ0n) is 9.73. The van der Waals surface area contributed by atoms with E-state index in [-0.39, 0.29) is 12.4 Å². The van der Waals surface area contributed by atoms with Crippen molar-refractivity contribution in [2.45, 2.75) is 6.61 Å². The van der Waals surface area contributed by atoms with Gasteiger partial charge in [0.05, 0.1) is 11.9 Å². The van der Waals surface area contributed by atoms with Crippen molar-refractivity contribution in [1.29, 1.82) is 0 Å². The molecule has 3 aromatic heterocycles.